The number of ether oxygens (including phenoxy) is 2. The fourth-order valence-electron chi connectivity index (χ4n) is 3.72. The van der Waals surface area contributed by atoms with Gasteiger partial charge in [0.15, 0.2) is 0 Å². The van der Waals surface area contributed by atoms with Gasteiger partial charge >= 0.3 is 6.09 Å². The van der Waals surface area contributed by atoms with Crippen LogP contribution < -0.4 is 16.2 Å². The SMILES string of the molecule is CC/C=C(C)/C(=C\C=C(C)\C(NNC)=C(\CCC)NC(=O)OC(C)c1ccccc1CC)OC. The van der Waals surface area contributed by atoms with E-state index in [1.54, 1.807) is 14.2 Å². The third-order valence-corrected chi connectivity index (χ3v) is 5.46. The summed E-state index contributed by atoms with van der Waals surface area (Å²) < 4.78 is 11.3. The Hall–Kier alpha value is -2.99. The van der Waals surface area contributed by atoms with Gasteiger partial charge in [0.05, 0.1) is 12.8 Å². The van der Waals surface area contributed by atoms with Gasteiger partial charge in [-0.05, 0) is 68.4 Å². The monoisotopic (exact) mass is 469 g/mol. The van der Waals surface area contributed by atoms with Gasteiger partial charge < -0.3 is 14.9 Å². The highest BCUT2D eigenvalue weighted by atomic mass is 16.6. The highest BCUT2D eigenvalue weighted by Crippen LogP contribution is 2.22. The lowest BCUT2D eigenvalue weighted by molar-refractivity contribution is 0.109. The van der Waals surface area contributed by atoms with Crippen LogP contribution in [0.3, 0.4) is 0 Å². The third-order valence-electron chi connectivity index (χ3n) is 5.46. The van der Waals surface area contributed by atoms with Crippen LogP contribution in [0.4, 0.5) is 4.79 Å². The molecule has 188 valence electrons. The van der Waals surface area contributed by atoms with Gasteiger partial charge in [-0.1, -0.05) is 63.6 Å². The molecule has 1 unspecified atom stereocenters. The molecule has 0 radical (unpaired) electrons. The molecule has 0 spiro atoms. The molecule has 0 aliphatic carbocycles. The molecule has 1 atom stereocenters. The van der Waals surface area contributed by atoms with E-state index in [1.807, 2.05) is 51.1 Å². The van der Waals surface area contributed by atoms with Crippen molar-refractivity contribution < 1.29 is 14.3 Å². The number of carbonyl (C=O) groups excluding carboxylic acids is 1. The van der Waals surface area contributed by atoms with Crippen LogP contribution in [0, 0.1) is 0 Å². The predicted molar refractivity (Wildman–Crippen MR) is 141 cm³/mol. The summed E-state index contributed by atoms with van der Waals surface area (Å²) >= 11 is 0. The molecule has 1 aromatic carbocycles. The summed E-state index contributed by atoms with van der Waals surface area (Å²) in [7, 11) is 3.46. The van der Waals surface area contributed by atoms with Crippen molar-refractivity contribution in [3.63, 3.8) is 0 Å². The van der Waals surface area contributed by atoms with Crippen LogP contribution in [0.1, 0.15) is 78.0 Å². The van der Waals surface area contributed by atoms with E-state index in [4.69, 9.17) is 9.47 Å². The lowest BCUT2D eigenvalue weighted by Crippen LogP contribution is -2.34. The Morgan fingerprint density at radius 3 is 2.38 bits per heavy atom. The van der Waals surface area contributed by atoms with Crippen molar-refractivity contribution >= 4 is 6.09 Å². The first-order valence-electron chi connectivity index (χ1n) is 12.1. The number of methoxy groups -OCH3 is 1. The van der Waals surface area contributed by atoms with Crippen LogP contribution in [0.15, 0.2) is 70.8 Å². The molecule has 1 rings (SSSR count). The summed E-state index contributed by atoms with van der Waals surface area (Å²) in [5.74, 6) is 0.804. The number of allylic oxidation sites excluding steroid dienone is 6. The minimum absolute atomic E-state index is 0.350. The smallest absolute Gasteiger partial charge is 0.412 e. The predicted octanol–water partition coefficient (Wildman–Crippen LogP) is 6.60. The summed E-state index contributed by atoms with van der Waals surface area (Å²) in [5, 5.41) is 2.98. The number of nitrogens with one attached hydrogen (secondary N) is 3. The molecule has 0 saturated carbocycles. The molecule has 0 aliphatic rings. The number of alkyl carbamates (subject to hydrolysis) is 1. The molecule has 0 fully saturated rings. The number of hydrogen-bond donors (Lipinski definition) is 3. The van der Waals surface area contributed by atoms with Gasteiger partial charge in [0.2, 0.25) is 0 Å². The summed E-state index contributed by atoms with van der Waals surface area (Å²) in [6, 6.07) is 8.05. The minimum Gasteiger partial charge on any atom is -0.497 e. The number of rotatable bonds is 13. The van der Waals surface area contributed by atoms with Crippen LogP contribution in [-0.2, 0) is 15.9 Å². The van der Waals surface area contributed by atoms with E-state index in [9.17, 15) is 4.79 Å². The van der Waals surface area contributed by atoms with Crippen molar-refractivity contribution in [2.75, 3.05) is 14.2 Å². The van der Waals surface area contributed by atoms with Gasteiger partial charge in [-0.25, -0.2) is 10.2 Å². The Morgan fingerprint density at radius 1 is 1.09 bits per heavy atom. The van der Waals surface area contributed by atoms with Crippen molar-refractivity contribution in [1.29, 1.82) is 0 Å². The number of benzene rings is 1. The Bertz CT molecular complexity index is 913. The van der Waals surface area contributed by atoms with Gasteiger partial charge in [0, 0.05) is 12.7 Å². The lowest BCUT2D eigenvalue weighted by Gasteiger charge is -2.20. The first kappa shape index (κ1) is 29.0. The molecule has 6 heteroatoms. The fourth-order valence-corrected chi connectivity index (χ4v) is 3.72. The highest BCUT2D eigenvalue weighted by molar-refractivity contribution is 5.70. The van der Waals surface area contributed by atoms with Crippen molar-refractivity contribution in [2.24, 2.45) is 0 Å². The van der Waals surface area contributed by atoms with Gasteiger partial charge in [-0.3, -0.25) is 5.32 Å². The van der Waals surface area contributed by atoms with Crippen molar-refractivity contribution in [1.82, 2.24) is 16.2 Å². The maximum atomic E-state index is 12.8. The van der Waals surface area contributed by atoms with Crippen molar-refractivity contribution in [2.45, 2.75) is 73.3 Å². The van der Waals surface area contributed by atoms with Gasteiger partial charge in [0.1, 0.15) is 11.9 Å². The molecule has 0 bridgehead atoms. The zero-order chi connectivity index (χ0) is 25.5. The zero-order valence-electron chi connectivity index (χ0n) is 22.2. The van der Waals surface area contributed by atoms with Crippen LogP contribution in [0.5, 0.6) is 0 Å². The third kappa shape index (κ3) is 9.10. The fraction of sp³-hybridized carbons (Fsp3) is 0.464. The molecule has 3 N–H and O–H groups in total. The average molecular weight is 470 g/mol. The first-order valence-corrected chi connectivity index (χ1v) is 12.1. The molecule has 0 aromatic heterocycles. The molecule has 34 heavy (non-hydrogen) atoms. The van der Waals surface area contributed by atoms with E-state index in [0.29, 0.717) is 6.42 Å². The van der Waals surface area contributed by atoms with Crippen molar-refractivity contribution in [3.8, 4) is 0 Å². The number of carbonyl (C=O) groups is 1. The maximum absolute atomic E-state index is 12.8. The zero-order valence-corrected chi connectivity index (χ0v) is 22.2. The molecule has 1 amide bonds. The van der Waals surface area contributed by atoms with Gasteiger partial charge in [0.25, 0.3) is 0 Å². The molecular formula is C28H43N3O3. The van der Waals surface area contributed by atoms with Crippen LogP contribution in [0.25, 0.3) is 0 Å². The van der Waals surface area contributed by atoms with Crippen LogP contribution >= 0.6 is 0 Å². The molecule has 0 heterocycles. The normalized spacial score (nSPS) is 14.3. The molecule has 0 saturated heterocycles. The van der Waals surface area contributed by atoms with Crippen molar-refractivity contribution in [3.05, 3.63) is 81.9 Å². The topological polar surface area (TPSA) is 71.6 Å². The summed E-state index contributed by atoms with van der Waals surface area (Å²) in [6.07, 6.45) is 8.60. The molecule has 0 aliphatic heterocycles. The van der Waals surface area contributed by atoms with Crippen LogP contribution in [0.2, 0.25) is 0 Å². The molecule has 1 aromatic rings. The summed E-state index contributed by atoms with van der Waals surface area (Å²) in [6.45, 7) is 12.2. The van der Waals surface area contributed by atoms with Gasteiger partial charge in [-0.2, -0.15) is 0 Å². The van der Waals surface area contributed by atoms with E-state index in [1.165, 1.54) is 5.56 Å². The second-order valence-electron chi connectivity index (χ2n) is 8.08. The first-order chi connectivity index (χ1) is 16.3. The number of amides is 1. The maximum Gasteiger partial charge on any atom is 0.412 e. The van der Waals surface area contributed by atoms with E-state index in [2.05, 4.69) is 49.1 Å². The quantitative estimate of drug-likeness (QED) is 0.172. The lowest BCUT2D eigenvalue weighted by atomic mass is 10.0. The standard InChI is InChI=1S/C28H43N3O3/c1-9-14-20(4)26(33-8)19-18-21(5)27(31-29-7)25(15-10-2)30-28(32)34-22(6)24-17-13-12-16-23(24)11-3/h12-14,16-19,22,29,31H,9-11,15H2,1-8H3,(H,30,32)/b20-14+,21-18+,26-19+,27-25+. The van der Waals surface area contributed by atoms with Crippen LogP contribution in [-0.4, -0.2) is 20.3 Å². The number of hydrogen-bond acceptors (Lipinski definition) is 5. The van der Waals surface area contributed by atoms with E-state index in [-0.39, 0.29) is 6.10 Å². The van der Waals surface area contributed by atoms with E-state index >= 15 is 0 Å². The molecule has 6 nitrogen and oxygen atoms in total. The average Bonchev–Trinajstić information content (AvgIpc) is 2.82. The second-order valence-corrected chi connectivity index (χ2v) is 8.08. The Kier molecular flexibility index (Phi) is 13.5. The Labute approximate surface area is 206 Å². The second kappa shape index (κ2) is 15.8. The number of aryl methyl sites for hydroxylation is 1. The minimum atomic E-state index is -0.472. The van der Waals surface area contributed by atoms with E-state index < -0.39 is 6.09 Å². The summed E-state index contributed by atoms with van der Waals surface area (Å²) in [5.41, 5.74) is 12.0. The van der Waals surface area contributed by atoms with Gasteiger partial charge in [-0.15, -0.1) is 0 Å². The Balaban J connectivity index is 3.20. The highest BCUT2D eigenvalue weighted by Gasteiger charge is 2.17. The largest absolute Gasteiger partial charge is 0.497 e. The Morgan fingerprint density at radius 2 is 1.79 bits per heavy atom. The van der Waals surface area contributed by atoms with E-state index in [0.717, 1.165) is 53.1 Å². The number of hydrazine groups is 1. The summed E-state index contributed by atoms with van der Waals surface area (Å²) in [4.78, 5) is 12.8. The molecular weight excluding hydrogens is 426 g/mol.